The molecule has 1 amide bonds. The van der Waals surface area contributed by atoms with E-state index >= 15 is 0 Å². The lowest BCUT2D eigenvalue weighted by atomic mass is 10.1. The molecule has 0 bridgehead atoms. The average Bonchev–Trinajstić information content (AvgIpc) is 2.82. The third-order valence-electron chi connectivity index (χ3n) is 2.78. The summed E-state index contributed by atoms with van der Waals surface area (Å²) in [4.78, 5) is 11.7. The molecule has 0 aliphatic heterocycles. The lowest BCUT2D eigenvalue weighted by Gasteiger charge is -1.98. The van der Waals surface area contributed by atoms with E-state index in [2.05, 4.69) is 29.5 Å². The van der Waals surface area contributed by atoms with E-state index in [1.54, 1.807) is 30.1 Å². The monoisotopic (exact) mass is 255 g/mol. The van der Waals surface area contributed by atoms with Crippen molar-refractivity contribution in [1.29, 1.82) is 0 Å². The molecule has 0 spiro atoms. The SMILES string of the molecule is CCc1ccc(/C=C/C(=O)Nc2ccn(C)n2)cc1. The summed E-state index contributed by atoms with van der Waals surface area (Å²) in [5.74, 6) is 0.372. The van der Waals surface area contributed by atoms with E-state index in [9.17, 15) is 4.79 Å². The zero-order chi connectivity index (χ0) is 13.7. The lowest BCUT2D eigenvalue weighted by molar-refractivity contribution is -0.111. The maximum Gasteiger partial charge on any atom is 0.249 e. The van der Waals surface area contributed by atoms with Crippen LogP contribution >= 0.6 is 0 Å². The molecule has 0 aliphatic carbocycles. The third-order valence-corrected chi connectivity index (χ3v) is 2.78. The van der Waals surface area contributed by atoms with Crippen molar-refractivity contribution in [2.24, 2.45) is 7.05 Å². The zero-order valence-electron chi connectivity index (χ0n) is 11.1. The fraction of sp³-hybridized carbons (Fsp3) is 0.200. The Hall–Kier alpha value is -2.36. The van der Waals surface area contributed by atoms with Gasteiger partial charge < -0.3 is 5.32 Å². The molecule has 0 aliphatic rings. The molecule has 0 saturated heterocycles. The van der Waals surface area contributed by atoms with Crippen molar-refractivity contribution in [3.05, 3.63) is 53.7 Å². The van der Waals surface area contributed by atoms with Gasteiger partial charge in [-0.1, -0.05) is 31.2 Å². The minimum absolute atomic E-state index is 0.182. The van der Waals surface area contributed by atoms with Crippen LogP contribution in [-0.2, 0) is 18.3 Å². The summed E-state index contributed by atoms with van der Waals surface area (Å²) in [7, 11) is 1.81. The second-order valence-corrected chi connectivity index (χ2v) is 4.29. The summed E-state index contributed by atoms with van der Waals surface area (Å²) >= 11 is 0. The van der Waals surface area contributed by atoms with E-state index < -0.39 is 0 Å². The van der Waals surface area contributed by atoms with Crippen molar-refractivity contribution in [1.82, 2.24) is 9.78 Å². The largest absolute Gasteiger partial charge is 0.306 e. The molecule has 1 aromatic heterocycles. The number of aryl methyl sites for hydroxylation is 2. The Labute approximate surface area is 112 Å². The van der Waals surface area contributed by atoms with Crippen LogP contribution in [0.2, 0.25) is 0 Å². The Kier molecular flexibility index (Phi) is 4.13. The quantitative estimate of drug-likeness (QED) is 0.854. The highest BCUT2D eigenvalue weighted by Gasteiger charge is 2.00. The lowest BCUT2D eigenvalue weighted by Crippen LogP contribution is -2.08. The van der Waals surface area contributed by atoms with Crippen molar-refractivity contribution in [3.8, 4) is 0 Å². The first-order valence-corrected chi connectivity index (χ1v) is 6.25. The van der Waals surface area contributed by atoms with Gasteiger partial charge in [0.15, 0.2) is 5.82 Å². The summed E-state index contributed by atoms with van der Waals surface area (Å²) in [5.41, 5.74) is 2.29. The molecule has 0 radical (unpaired) electrons. The van der Waals surface area contributed by atoms with Gasteiger partial charge in [-0.3, -0.25) is 9.48 Å². The van der Waals surface area contributed by atoms with Crippen LogP contribution in [0.1, 0.15) is 18.1 Å². The van der Waals surface area contributed by atoms with Gasteiger partial charge in [-0.05, 0) is 23.6 Å². The molecule has 98 valence electrons. The van der Waals surface area contributed by atoms with Gasteiger partial charge in [-0.25, -0.2) is 0 Å². The number of nitrogens with zero attached hydrogens (tertiary/aromatic N) is 2. The van der Waals surface area contributed by atoms with E-state index in [4.69, 9.17) is 0 Å². The summed E-state index contributed by atoms with van der Waals surface area (Å²) < 4.78 is 1.64. The fourth-order valence-electron chi connectivity index (χ4n) is 1.69. The van der Waals surface area contributed by atoms with Crippen molar-refractivity contribution < 1.29 is 4.79 Å². The van der Waals surface area contributed by atoms with Gasteiger partial charge in [-0.2, -0.15) is 5.10 Å². The van der Waals surface area contributed by atoms with Crippen LogP contribution in [0.5, 0.6) is 0 Å². The number of carbonyl (C=O) groups excluding carboxylic acids is 1. The Balaban J connectivity index is 1.95. The molecular formula is C15H17N3O. The van der Waals surface area contributed by atoms with Gasteiger partial charge >= 0.3 is 0 Å². The van der Waals surface area contributed by atoms with Crippen LogP contribution in [0.4, 0.5) is 5.82 Å². The van der Waals surface area contributed by atoms with Crippen molar-refractivity contribution in [2.75, 3.05) is 5.32 Å². The standard InChI is InChI=1S/C15H17N3O/c1-3-12-4-6-13(7-5-12)8-9-15(19)16-14-10-11-18(2)17-14/h4-11H,3H2,1-2H3,(H,16,17,19)/b9-8+. The van der Waals surface area contributed by atoms with Crippen LogP contribution in [0.25, 0.3) is 6.08 Å². The second-order valence-electron chi connectivity index (χ2n) is 4.29. The molecule has 0 saturated carbocycles. The second kappa shape index (κ2) is 6.00. The molecule has 1 heterocycles. The molecular weight excluding hydrogens is 238 g/mol. The summed E-state index contributed by atoms with van der Waals surface area (Å²) in [5, 5.41) is 6.78. The first-order valence-electron chi connectivity index (χ1n) is 6.25. The van der Waals surface area contributed by atoms with E-state index in [1.165, 1.54) is 11.6 Å². The highest BCUT2D eigenvalue weighted by atomic mass is 16.1. The molecule has 4 heteroatoms. The summed E-state index contributed by atoms with van der Waals surface area (Å²) in [6.07, 6.45) is 6.10. The van der Waals surface area contributed by atoms with Crippen molar-refractivity contribution in [3.63, 3.8) is 0 Å². The molecule has 0 fully saturated rings. The smallest absolute Gasteiger partial charge is 0.249 e. The highest BCUT2D eigenvalue weighted by Crippen LogP contribution is 2.07. The van der Waals surface area contributed by atoms with E-state index in [1.807, 2.05) is 12.1 Å². The number of carbonyl (C=O) groups is 1. The van der Waals surface area contributed by atoms with Gasteiger partial charge in [0.25, 0.3) is 0 Å². The maximum absolute atomic E-state index is 11.7. The van der Waals surface area contributed by atoms with Crippen LogP contribution in [0, 0.1) is 0 Å². The molecule has 4 nitrogen and oxygen atoms in total. The van der Waals surface area contributed by atoms with Gasteiger partial charge in [0.2, 0.25) is 5.91 Å². The molecule has 2 rings (SSSR count). The Morgan fingerprint density at radius 3 is 2.63 bits per heavy atom. The number of rotatable bonds is 4. The molecule has 1 N–H and O–H groups in total. The topological polar surface area (TPSA) is 46.9 Å². The van der Waals surface area contributed by atoms with Gasteiger partial charge in [-0.15, -0.1) is 0 Å². The third kappa shape index (κ3) is 3.81. The van der Waals surface area contributed by atoms with Gasteiger partial charge in [0.1, 0.15) is 0 Å². The molecule has 0 unspecified atom stereocenters. The van der Waals surface area contributed by atoms with E-state index in [-0.39, 0.29) is 5.91 Å². The van der Waals surface area contributed by atoms with E-state index in [0.717, 1.165) is 12.0 Å². The fourth-order valence-corrected chi connectivity index (χ4v) is 1.69. The Morgan fingerprint density at radius 2 is 2.05 bits per heavy atom. The minimum atomic E-state index is -0.182. The number of hydrogen-bond acceptors (Lipinski definition) is 2. The van der Waals surface area contributed by atoms with Crippen molar-refractivity contribution in [2.45, 2.75) is 13.3 Å². The first-order chi connectivity index (χ1) is 9.17. The Morgan fingerprint density at radius 1 is 1.32 bits per heavy atom. The average molecular weight is 255 g/mol. The van der Waals surface area contributed by atoms with E-state index in [0.29, 0.717) is 5.82 Å². The summed E-state index contributed by atoms with van der Waals surface area (Å²) in [6.45, 7) is 2.12. The number of aromatic nitrogens is 2. The number of hydrogen-bond donors (Lipinski definition) is 1. The number of nitrogens with one attached hydrogen (secondary N) is 1. The van der Waals surface area contributed by atoms with Crippen molar-refractivity contribution >= 4 is 17.8 Å². The highest BCUT2D eigenvalue weighted by molar-refractivity contribution is 6.01. The number of amides is 1. The number of benzene rings is 1. The molecule has 1 aromatic carbocycles. The molecule has 2 aromatic rings. The molecule has 0 atom stereocenters. The van der Waals surface area contributed by atoms with Gasteiger partial charge in [0.05, 0.1) is 0 Å². The predicted octanol–water partition coefficient (Wildman–Crippen LogP) is 2.63. The predicted molar refractivity (Wildman–Crippen MR) is 76.7 cm³/mol. The van der Waals surface area contributed by atoms with Crippen LogP contribution in [0.15, 0.2) is 42.6 Å². The number of anilines is 1. The van der Waals surface area contributed by atoms with Crippen LogP contribution in [0.3, 0.4) is 0 Å². The molecule has 19 heavy (non-hydrogen) atoms. The zero-order valence-corrected chi connectivity index (χ0v) is 11.1. The summed E-state index contributed by atoms with van der Waals surface area (Å²) in [6, 6.07) is 9.89. The minimum Gasteiger partial charge on any atom is -0.306 e. The first kappa shape index (κ1) is 13.1. The van der Waals surface area contributed by atoms with Gasteiger partial charge in [0, 0.05) is 25.4 Å². The van der Waals surface area contributed by atoms with Crippen LogP contribution in [-0.4, -0.2) is 15.7 Å². The Bertz CT molecular complexity index is 582. The normalized spacial score (nSPS) is 10.8. The maximum atomic E-state index is 11.7. The van der Waals surface area contributed by atoms with Crippen LogP contribution < -0.4 is 5.32 Å².